The van der Waals surface area contributed by atoms with Crippen molar-refractivity contribution in [3.05, 3.63) is 65.7 Å². The zero-order valence-corrected chi connectivity index (χ0v) is 16.0. The first-order valence-electron chi connectivity index (χ1n) is 9.32. The Morgan fingerprint density at radius 2 is 1.68 bits per heavy atom. The highest BCUT2D eigenvalue weighted by Gasteiger charge is 2.32. The van der Waals surface area contributed by atoms with Gasteiger partial charge in [0, 0.05) is 37.0 Å². The van der Waals surface area contributed by atoms with Gasteiger partial charge < -0.3 is 14.9 Å². The number of anilines is 1. The van der Waals surface area contributed by atoms with Crippen molar-refractivity contribution in [2.75, 3.05) is 25.0 Å². The van der Waals surface area contributed by atoms with E-state index in [9.17, 15) is 19.5 Å². The molecule has 2 atom stereocenters. The molecule has 0 bridgehead atoms. The second-order valence-corrected chi connectivity index (χ2v) is 7.37. The molecule has 28 heavy (non-hydrogen) atoms. The number of rotatable bonds is 4. The number of carboxylic acids is 1. The molecule has 0 aromatic heterocycles. The van der Waals surface area contributed by atoms with E-state index >= 15 is 0 Å². The maximum Gasteiger partial charge on any atom is 0.308 e. The van der Waals surface area contributed by atoms with Gasteiger partial charge in [-0.1, -0.05) is 31.2 Å². The summed E-state index contributed by atoms with van der Waals surface area (Å²) in [6.07, 6.45) is 0.569. The first-order chi connectivity index (χ1) is 13.4. The van der Waals surface area contributed by atoms with Crippen LogP contribution in [0.15, 0.2) is 54.6 Å². The number of benzene rings is 2. The van der Waals surface area contributed by atoms with Crippen LogP contribution in [0, 0.1) is 11.8 Å². The van der Waals surface area contributed by atoms with Crippen LogP contribution in [0.1, 0.15) is 34.1 Å². The fraction of sp³-hybridized carbons (Fsp3) is 0.318. The van der Waals surface area contributed by atoms with Gasteiger partial charge in [0.2, 0.25) is 0 Å². The Labute approximate surface area is 164 Å². The molecule has 2 unspecified atom stereocenters. The molecule has 1 aliphatic heterocycles. The summed E-state index contributed by atoms with van der Waals surface area (Å²) in [7, 11) is 1.69. The largest absolute Gasteiger partial charge is 0.481 e. The van der Waals surface area contributed by atoms with Crippen molar-refractivity contribution in [1.29, 1.82) is 0 Å². The van der Waals surface area contributed by atoms with E-state index in [0.29, 0.717) is 24.1 Å². The minimum absolute atomic E-state index is 0.118. The van der Waals surface area contributed by atoms with E-state index in [1.165, 1.54) is 4.90 Å². The molecule has 0 saturated carbocycles. The van der Waals surface area contributed by atoms with Crippen molar-refractivity contribution in [1.82, 2.24) is 4.90 Å². The maximum absolute atomic E-state index is 12.9. The third-order valence-corrected chi connectivity index (χ3v) is 5.10. The standard InChI is InChI=1S/C22H24N2O4/c1-15-11-18(22(27)28)14-24(13-15)21(26)17-8-6-7-16(12-17)20(25)23(2)19-9-4-3-5-10-19/h3-10,12,15,18H,11,13-14H2,1-2H3,(H,27,28). The highest BCUT2D eigenvalue weighted by atomic mass is 16.4. The normalized spacial score (nSPS) is 19.1. The Kier molecular flexibility index (Phi) is 5.78. The summed E-state index contributed by atoms with van der Waals surface area (Å²) >= 11 is 0. The number of hydrogen-bond donors (Lipinski definition) is 1. The molecule has 2 aromatic carbocycles. The van der Waals surface area contributed by atoms with E-state index in [2.05, 4.69) is 0 Å². The van der Waals surface area contributed by atoms with Crippen molar-refractivity contribution < 1.29 is 19.5 Å². The zero-order chi connectivity index (χ0) is 20.3. The van der Waals surface area contributed by atoms with Crippen molar-refractivity contribution in [2.45, 2.75) is 13.3 Å². The molecule has 1 saturated heterocycles. The number of likely N-dealkylation sites (tertiary alicyclic amines) is 1. The fourth-order valence-electron chi connectivity index (χ4n) is 3.63. The van der Waals surface area contributed by atoms with Crippen LogP contribution in [0.3, 0.4) is 0 Å². The average molecular weight is 380 g/mol. The van der Waals surface area contributed by atoms with Crippen LogP contribution in [0.4, 0.5) is 5.69 Å². The van der Waals surface area contributed by atoms with Gasteiger partial charge in [-0.25, -0.2) is 0 Å². The lowest BCUT2D eigenvalue weighted by Gasteiger charge is -2.34. The Bertz CT molecular complexity index is 881. The summed E-state index contributed by atoms with van der Waals surface area (Å²) < 4.78 is 0. The van der Waals surface area contributed by atoms with Crippen LogP contribution in [0.2, 0.25) is 0 Å². The molecule has 1 aliphatic rings. The Morgan fingerprint density at radius 3 is 2.36 bits per heavy atom. The van der Waals surface area contributed by atoms with Gasteiger partial charge in [-0.05, 0) is 42.7 Å². The van der Waals surface area contributed by atoms with E-state index < -0.39 is 11.9 Å². The number of piperidine rings is 1. The summed E-state index contributed by atoms with van der Waals surface area (Å²) in [6.45, 7) is 2.66. The lowest BCUT2D eigenvalue weighted by Crippen LogP contribution is -2.45. The smallest absolute Gasteiger partial charge is 0.308 e. The Balaban J connectivity index is 1.80. The Morgan fingerprint density at radius 1 is 1.00 bits per heavy atom. The first kappa shape index (κ1) is 19.6. The van der Waals surface area contributed by atoms with Crippen molar-refractivity contribution in [2.24, 2.45) is 11.8 Å². The zero-order valence-electron chi connectivity index (χ0n) is 16.0. The second kappa shape index (κ2) is 8.25. The van der Waals surface area contributed by atoms with Crippen molar-refractivity contribution >= 4 is 23.5 Å². The quantitative estimate of drug-likeness (QED) is 0.884. The molecule has 2 amide bonds. The van der Waals surface area contributed by atoms with Gasteiger partial charge in [-0.3, -0.25) is 14.4 Å². The van der Waals surface area contributed by atoms with Gasteiger partial charge in [0.1, 0.15) is 0 Å². The fourth-order valence-corrected chi connectivity index (χ4v) is 3.63. The predicted molar refractivity (Wildman–Crippen MR) is 106 cm³/mol. The van der Waals surface area contributed by atoms with E-state index in [1.54, 1.807) is 36.2 Å². The second-order valence-electron chi connectivity index (χ2n) is 7.37. The molecule has 1 N–H and O–H groups in total. The number of nitrogens with zero attached hydrogens (tertiary/aromatic N) is 2. The molecule has 146 valence electrons. The van der Waals surface area contributed by atoms with Gasteiger partial charge in [-0.2, -0.15) is 0 Å². The highest BCUT2D eigenvalue weighted by molar-refractivity contribution is 6.07. The van der Waals surface area contributed by atoms with Crippen LogP contribution in [0.25, 0.3) is 0 Å². The van der Waals surface area contributed by atoms with Crippen LogP contribution in [0.5, 0.6) is 0 Å². The predicted octanol–water partition coefficient (Wildman–Crippen LogP) is 3.15. The number of aliphatic carboxylic acids is 1. The van der Waals surface area contributed by atoms with Crippen LogP contribution < -0.4 is 4.90 Å². The molecule has 0 aliphatic carbocycles. The topological polar surface area (TPSA) is 77.9 Å². The van der Waals surface area contributed by atoms with Gasteiger partial charge >= 0.3 is 5.97 Å². The van der Waals surface area contributed by atoms with E-state index in [4.69, 9.17) is 0 Å². The molecule has 2 aromatic rings. The van der Waals surface area contributed by atoms with Gasteiger partial charge in [0.25, 0.3) is 11.8 Å². The molecule has 0 radical (unpaired) electrons. The SMILES string of the molecule is CC1CC(C(=O)O)CN(C(=O)c2cccc(C(=O)N(C)c3ccccc3)c2)C1. The minimum atomic E-state index is -0.877. The first-order valence-corrected chi connectivity index (χ1v) is 9.32. The Hall–Kier alpha value is -3.15. The van der Waals surface area contributed by atoms with Crippen LogP contribution in [-0.4, -0.2) is 47.9 Å². The summed E-state index contributed by atoms with van der Waals surface area (Å²) in [6, 6.07) is 15.9. The molecule has 6 heteroatoms. The van der Waals surface area contributed by atoms with Crippen molar-refractivity contribution in [3.63, 3.8) is 0 Å². The summed E-state index contributed by atoms with van der Waals surface area (Å²) in [4.78, 5) is 40.2. The summed E-state index contributed by atoms with van der Waals surface area (Å²) in [5, 5.41) is 9.32. The minimum Gasteiger partial charge on any atom is -0.481 e. The van der Waals surface area contributed by atoms with E-state index in [1.807, 2.05) is 37.3 Å². The van der Waals surface area contributed by atoms with Gasteiger partial charge in [-0.15, -0.1) is 0 Å². The number of para-hydroxylation sites is 1. The monoisotopic (exact) mass is 380 g/mol. The number of amides is 2. The van der Waals surface area contributed by atoms with Crippen LogP contribution in [-0.2, 0) is 4.79 Å². The molecule has 6 nitrogen and oxygen atoms in total. The van der Waals surface area contributed by atoms with Crippen LogP contribution >= 0.6 is 0 Å². The number of hydrogen-bond acceptors (Lipinski definition) is 3. The average Bonchev–Trinajstić information content (AvgIpc) is 2.72. The molecular weight excluding hydrogens is 356 g/mol. The molecule has 1 fully saturated rings. The third kappa shape index (κ3) is 4.22. The highest BCUT2D eigenvalue weighted by Crippen LogP contribution is 2.24. The van der Waals surface area contributed by atoms with E-state index in [-0.39, 0.29) is 24.3 Å². The molecule has 0 spiro atoms. The lowest BCUT2D eigenvalue weighted by molar-refractivity contribution is -0.143. The molecular formula is C22H24N2O4. The summed E-state index contributed by atoms with van der Waals surface area (Å²) in [5.74, 6) is -1.77. The van der Waals surface area contributed by atoms with Gasteiger partial charge in [0.15, 0.2) is 0 Å². The lowest BCUT2D eigenvalue weighted by atomic mass is 9.90. The third-order valence-electron chi connectivity index (χ3n) is 5.10. The van der Waals surface area contributed by atoms with E-state index in [0.717, 1.165) is 5.69 Å². The number of carboxylic acid groups (broad SMARTS) is 1. The number of carbonyl (C=O) groups excluding carboxylic acids is 2. The molecule has 1 heterocycles. The van der Waals surface area contributed by atoms with Gasteiger partial charge in [0.05, 0.1) is 5.92 Å². The molecule has 3 rings (SSSR count). The number of carbonyl (C=O) groups is 3. The maximum atomic E-state index is 12.9. The summed E-state index contributed by atoms with van der Waals surface area (Å²) in [5.41, 5.74) is 1.57. The van der Waals surface area contributed by atoms with Crippen molar-refractivity contribution in [3.8, 4) is 0 Å².